The van der Waals surface area contributed by atoms with E-state index < -0.39 is 24.1 Å². The zero-order valence-corrected chi connectivity index (χ0v) is 12.7. The number of aliphatic hydroxyl groups excluding tert-OH is 2. The van der Waals surface area contributed by atoms with Crippen molar-refractivity contribution in [2.45, 2.75) is 65.6 Å². The molecule has 4 unspecified atom stereocenters. The van der Waals surface area contributed by atoms with Crippen molar-refractivity contribution in [2.24, 2.45) is 11.8 Å². The summed E-state index contributed by atoms with van der Waals surface area (Å²) in [7, 11) is 0. The molecule has 0 saturated heterocycles. The van der Waals surface area contributed by atoms with Gasteiger partial charge < -0.3 is 20.4 Å². The van der Waals surface area contributed by atoms with Crippen molar-refractivity contribution >= 4 is 11.9 Å². The SMILES string of the molecule is CCC(C)C(O)CC(=O)O.CCC(C)C(O)CC(=O)O. The lowest BCUT2D eigenvalue weighted by molar-refractivity contribution is -0.141. The molecule has 4 atom stereocenters. The summed E-state index contributed by atoms with van der Waals surface area (Å²) in [6.45, 7) is 7.53. The molecule has 0 bridgehead atoms. The van der Waals surface area contributed by atoms with Crippen LogP contribution in [0.2, 0.25) is 0 Å². The molecule has 0 amide bonds. The highest BCUT2D eigenvalue weighted by atomic mass is 16.4. The summed E-state index contributed by atoms with van der Waals surface area (Å²) in [4.78, 5) is 20.1. The summed E-state index contributed by atoms with van der Waals surface area (Å²) >= 11 is 0. The fourth-order valence-electron chi connectivity index (χ4n) is 1.30. The van der Waals surface area contributed by atoms with Gasteiger partial charge in [0.1, 0.15) is 0 Å². The Labute approximate surface area is 120 Å². The maximum atomic E-state index is 10.1. The van der Waals surface area contributed by atoms with E-state index in [4.69, 9.17) is 20.4 Å². The molecule has 0 radical (unpaired) electrons. The van der Waals surface area contributed by atoms with Crippen molar-refractivity contribution in [1.82, 2.24) is 0 Å². The first-order valence-electron chi connectivity index (χ1n) is 6.95. The fraction of sp³-hybridized carbons (Fsp3) is 0.857. The lowest BCUT2D eigenvalue weighted by Gasteiger charge is -2.13. The first-order chi connectivity index (χ1) is 9.15. The Kier molecular flexibility index (Phi) is 12.3. The molecule has 120 valence electrons. The van der Waals surface area contributed by atoms with E-state index >= 15 is 0 Å². The van der Waals surface area contributed by atoms with Crippen LogP contribution in [0.3, 0.4) is 0 Å². The first-order valence-corrected chi connectivity index (χ1v) is 6.95. The third-order valence-electron chi connectivity index (χ3n) is 3.37. The Morgan fingerprint density at radius 1 is 0.800 bits per heavy atom. The predicted molar refractivity (Wildman–Crippen MR) is 75.4 cm³/mol. The second-order valence-electron chi connectivity index (χ2n) is 5.10. The van der Waals surface area contributed by atoms with Crippen LogP contribution in [0.4, 0.5) is 0 Å². The van der Waals surface area contributed by atoms with Gasteiger partial charge in [-0.2, -0.15) is 0 Å². The van der Waals surface area contributed by atoms with Crippen molar-refractivity contribution < 1.29 is 30.0 Å². The molecule has 0 spiro atoms. The van der Waals surface area contributed by atoms with Crippen molar-refractivity contribution in [2.75, 3.05) is 0 Å². The zero-order chi connectivity index (χ0) is 16.3. The second kappa shape index (κ2) is 11.7. The Balaban J connectivity index is 0. The molecule has 6 nitrogen and oxygen atoms in total. The molecule has 0 aliphatic heterocycles. The highest BCUT2D eigenvalue weighted by Crippen LogP contribution is 2.10. The topological polar surface area (TPSA) is 115 Å². The molecule has 4 N–H and O–H groups in total. The zero-order valence-electron chi connectivity index (χ0n) is 12.7. The smallest absolute Gasteiger partial charge is 0.305 e. The number of aliphatic carboxylic acids is 2. The molecular formula is C14H28O6. The maximum absolute atomic E-state index is 10.1. The van der Waals surface area contributed by atoms with Gasteiger partial charge in [0.15, 0.2) is 0 Å². The molecule has 0 aliphatic rings. The number of rotatable bonds is 8. The Morgan fingerprint density at radius 3 is 1.20 bits per heavy atom. The third kappa shape index (κ3) is 11.9. The van der Waals surface area contributed by atoms with Crippen LogP contribution in [0.1, 0.15) is 53.4 Å². The first kappa shape index (κ1) is 21.2. The van der Waals surface area contributed by atoms with E-state index in [-0.39, 0.29) is 24.7 Å². The summed E-state index contributed by atoms with van der Waals surface area (Å²) in [5.41, 5.74) is 0. The largest absolute Gasteiger partial charge is 0.481 e. The van der Waals surface area contributed by atoms with Crippen LogP contribution in [-0.2, 0) is 9.59 Å². The summed E-state index contributed by atoms with van der Waals surface area (Å²) in [5.74, 6) is -1.72. The molecule has 0 heterocycles. The van der Waals surface area contributed by atoms with E-state index in [1.165, 1.54) is 0 Å². The van der Waals surface area contributed by atoms with Crippen molar-refractivity contribution in [3.8, 4) is 0 Å². The number of carbonyl (C=O) groups is 2. The molecule has 6 heteroatoms. The van der Waals surface area contributed by atoms with Crippen LogP contribution >= 0.6 is 0 Å². The average molecular weight is 292 g/mol. The molecular weight excluding hydrogens is 264 g/mol. The minimum absolute atomic E-state index is 0.0797. The number of carboxylic acid groups (broad SMARTS) is 2. The van der Waals surface area contributed by atoms with Gasteiger partial charge in [0.2, 0.25) is 0 Å². The van der Waals surface area contributed by atoms with Gasteiger partial charge in [-0.25, -0.2) is 0 Å². The average Bonchev–Trinajstić information content (AvgIpc) is 2.35. The number of carboxylic acids is 2. The molecule has 0 rings (SSSR count). The Morgan fingerprint density at radius 2 is 1.05 bits per heavy atom. The standard InChI is InChI=1S/2C7H14O3/c2*1-3-5(2)6(8)4-7(9)10/h2*5-6,8H,3-4H2,1-2H3,(H,9,10). The van der Waals surface area contributed by atoms with Gasteiger partial charge in [0.05, 0.1) is 25.0 Å². The molecule has 20 heavy (non-hydrogen) atoms. The summed E-state index contributed by atoms with van der Waals surface area (Å²) in [6, 6.07) is 0. The van der Waals surface area contributed by atoms with Crippen LogP contribution < -0.4 is 0 Å². The highest BCUT2D eigenvalue weighted by molar-refractivity contribution is 5.67. The fourth-order valence-corrected chi connectivity index (χ4v) is 1.30. The number of hydrogen-bond donors (Lipinski definition) is 4. The third-order valence-corrected chi connectivity index (χ3v) is 3.37. The molecule has 0 fully saturated rings. The molecule has 0 aliphatic carbocycles. The highest BCUT2D eigenvalue weighted by Gasteiger charge is 2.15. The molecule has 0 saturated carbocycles. The van der Waals surface area contributed by atoms with E-state index in [0.717, 1.165) is 12.8 Å². The van der Waals surface area contributed by atoms with E-state index in [0.29, 0.717) is 0 Å². The van der Waals surface area contributed by atoms with E-state index in [1.807, 2.05) is 27.7 Å². The maximum Gasteiger partial charge on any atom is 0.305 e. The van der Waals surface area contributed by atoms with Crippen LogP contribution in [0.25, 0.3) is 0 Å². The van der Waals surface area contributed by atoms with Gasteiger partial charge >= 0.3 is 11.9 Å². The molecule has 0 aromatic rings. The van der Waals surface area contributed by atoms with E-state index in [1.54, 1.807) is 0 Å². The van der Waals surface area contributed by atoms with Crippen LogP contribution in [0, 0.1) is 11.8 Å². The van der Waals surface area contributed by atoms with Crippen molar-refractivity contribution in [1.29, 1.82) is 0 Å². The van der Waals surface area contributed by atoms with Gasteiger partial charge in [0, 0.05) is 0 Å². The minimum Gasteiger partial charge on any atom is -0.481 e. The Bertz CT molecular complexity index is 251. The van der Waals surface area contributed by atoms with Gasteiger partial charge in [-0.3, -0.25) is 9.59 Å². The van der Waals surface area contributed by atoms with Gasteiger partial charge in [-0.1, -0.05) is 40.5 Å². The molecule has 0 aromatic heterocycles. The van der Waals surface area contributed by atoms with Crippen LogP contribution in [0.15, 0.2) is 0 Å². The monoisotopic (exact) mass is 292 g/mol. The quantitative estimate of drug-likeness (QED) is 0.541. The van der Waals surface area contributed by atoms with Gasteiger partial charge in [0.25, 0.3) is 0 Å². The lowest BCUT2D eigenvalue weighted by atomic mass is 10.00. The van der Waals surface area contributed by atoms with Gasteiger partial charge in [-0.05, 0) is 11.8 Å². The predicted octanol–water partition coefficient (Wildman–Crippen LogP) is 1.74. The Hall–Kier alpha value is -1.14. The van der Waals surface area contributed by atoms with Crippen LogP contribution in [0.5, 0.6) is 0 Å². The van der Waals surface area contributed by atoms with Crippen molar-refractivity contribution in [3.05, 3.63) is 0 Å². The van der Waals surface area contributed by atoms with Gasteiger partial charge in [-0.15, -0.1) is 0 Å². The van der Waals surface area contributed by atoms with E-state index in [9.17, 15) is 9.59 Å². The van der Waals surface area contributed by atoms with E-state index in [2.05, 4.69) is 0 Å². The minimum atomic E-state index is -0.937. The number of aliphatic hydroxyl groups is 2. The summed E-state index contributed by atoms with van der Waals surface area (Å²) < 4.78 is 0. The lowest BCUT2D eigenvalue weighted by Crippen LogP contribution is -2.20. The normalized spacial score (nSPS) is 16.3. The van der Waals surface area contributed by atoms with Crippen LogP contribution in [-0.4, -0.2) is 44.6 Å². The number of hydrogen-bond acceptors (Lipinski definition) is 4. The summed E-state index contributed by atoms with van der Waals surface area (Å²) in [5, 5.41) is 34.8. The summed E-state index contributed by atoms with van der Waals surface area (Å²) in [6.07, 6.45) is -0.0441. The second-order valence-corrected chi connectivity index (χ2v) is 5.10. The molecule has 0 aromatic carbocycles. The van der Waals surface area contributed by atoms with Crippen molar-refractivity contribution in [3.63, 3.8) is 0 Å².